The van der Waals surface area contributed by atoms with E-state index in [4.69, 9.17) is 23.2 Å². The first-order valence-corrected chi connectivity index (χ1v) is 9.60. The van der Waals surface area contributed by atoms with Crippen molar-refractivity contribution in [3.05, 3.63) is 62.6 Å². The number of nitrogens with zero attached hydrogens (tertiary/aromatic N) is 3. The highest BCUT2D eigenvalue weighted by atomic mass is 35.5. The highest BCUT2D eigenvalue weighted by Gasteiger charge is 2.26. The van der Waals surface area contributed by atoms with Crippen molar-refractivity contribution in [3.63, 3.8) is 0 Å². The van der Waals surface area contributed by atoms with Crippen molar-refractivity contribution >= 4 is 46.2 Å². The number of carbonyl (C=O) groups excluding carboxylic acids is 1. The van der Waals surface area contributed by atoms with Gasteiger partial charge in [-0.05, 0) is 25.1 Å². The lowest BCUT2D eigenvalue weighted by Crippen LogP contribution is -2.52. The van der Waals surface area contributed by atoms with Crippen molar-refractivity contribution in [2.45, 2.75) is 13.0 Å². The molecule has 9 heteroatoms. The second-order valence-corrected chi connectivity index (χ2v) is 7.35. The number of amides is 1. The Hall–Kier alpha value is -2.35. The zero-order valence-electron chi connectivity index (χ0n) is 15.3. The van der Waals surface area contributed by atoms with Gasteiger partial charge in [-0.25, -0.2) is 0 Å². The fourth-order valence-corrected chi connectivity index (χ4v) is 3.52. The summed E-state index contributed by atoms with van der Waals surface area (Å²) >= 11 is 12.1. The lowest BCUT2D eigenvalue weighted by Gasteiger charge is -2.38. The molecule has 1 unspecified atom stereocenters. The molecule has 7 nitrogen and oxygen atoms in total. The van der Waals surface area contributed by atoms with E-state index in [1.807, 2.05) is 13.0 Å². The monoisotopic (exact) mass is 422 g/mol. The molecule has 0 spiro atoms. The second kappa shape index (κ2) is 8.77. The Morgan fingerprint density at radius 3 is 2.50 bits per heavy atom. The van der Waals surface area contributed by atoms with Crippen molar-refractivity contribution in [1.82, 2.24) is 4.90 Å². The molecule has 0 aromatic heterocycles. The zero-order valence-corrected chi connectivity index (χ0v) is 16.8. The molecule has 1 heterocycles. The highest BCUT2D eigenvalue weighted by Crippen LogP contribution is 2.30. The molecular formula is C19H20Cl2N4O3. The third kappa shape index (κ3) is 4.55. The number of nitro benzene ring substituents is 1. The van der Waals surface area contributed by atoms with E-state index in [1.54, 1.807) is 30.3 Å². The first kappa shape index (κ1) is 20.4. The van der Waals surface area contributed by atoms with Gasteiger partial charge in [0.25, 0.3) is 5.69 Å². The molecule has 2 aromatic rings. The van der Waals surface area contributed by atoms with Crippen LogP contribution in [0.3, 0.4) is 0 Å². The third-order valence-corrected chi connectivity index (χ3v) is 5.68. The van der Waals surface area contributed by atoms with Crippen molar-refractivity contribution < 1.29 is 9.72 Å². The van der Waals surface area contributed by atoms with E-state index >= 15 is 0 Å². The lowest BCUT2D eigenvalue weighted by molar-refractivity contribution is -0.384. The Kier molecular flexibility index (Phi) is 6.39. The van der Waals surface area contributed by atoms with Gasteiger partial charge in [-0.1, -0.05) is 35.3 Å². The number of carbonyl (C=O) groups is 1. The van der Waals surface area contributed by atoms with Crippen LogP contribution in [0, 0.1) is 10.1 Å². The lowest BCUT2D eigenvalue weighted by atomic mass is 10.2. The highest BCUT2D eigenvalue weighted by molar-refractivity contribution is 6.44. The Bertz CT molecular complexity index is 885. The Morgan fingerprint density at radius 2 is 1.82 bits per heavy atom. The van der Waals surface area contributed by atoms with E-state index < -0.39 is 4.92 Å². The average Bonchev–Trinajstić information content (AvgIpc) is 2.71. The number of nitro groups is 1. The van der Waals surface area contributed by atoms with Gasteiger partial charge >= 0.3 is 0 Å². The van der Waals surface area contributed by atoms with Crippen LogP contribution in [0.1, 0.15) is 6.92 Å². The van der Waals surface area contributed by atoms with Crippen molar-refractivity contribution in [2.75, 3.05) is 36.4 Å². The molecule has 1 aliphatic heterocycles. The summed E-state index contributed by atoms with van der Waals surface area (Å²) < 4.78 is 0. The van der Waals surface area contributed by atoms with Gasteiger partial charge < -0.3 is 10.2 Å². The number of piperazine rings is 1. The largest absolute Gasteiger partial charge is 0.369 e. The quantitative estimate of drug-likeness (QED) is 0.580. The van der Waals surface area contributed by atoms with Crippen molar-refractivity contribution in [2.24, 2.45) is 0 Å². The second-order valence-electron chi connectivity index (χ2n) is 6.57. The molecule has 0 radical (unpaired) electrons. The molecule has 0 bridgehead atoms. The number of anilines is 2. The van der Waals surface area contributed by atoms with Gasteiger partial charge in [0.15, 0.2) is 0 Å². The summed E-state index contributed by atoms with van der Waals surface area (Å²) in [6.45, 7) is 4.53. The van der Waals surface area contributed by atoms with Crippen LogP contribution in [0.5, 0.6) is 0 Å². The Labute approximate surface area is 173 Å². The van der Waals surface area contributed by atoms with Crippen molar-refractivity contribution in [1.29, 1.82) is 0 Å². The summed E-state index contributed by atoms with van der Waals surface area (Å²) in [5.41, 5.74) is 1.38. The molecule has 0 saturated carbocycles. The number of hydrogen-bond donors (Lipinski definition) is 1. The maximum absolute atomic E-state index is 12.6. The maximum atomic E-state index is 12.6. The van der Waals surface area contributed by atoms with Crippen LogP contribution in [0.25, 0.3) is 0 Å². The first-order valence-electron chi connectivity index (χ1n) is 8.85. The Balaban J connectivity index is 1.59. The predicted octanol–water partition coefficient (Wildman–Crippen LogP) is 4.05. The molecule has 1 aliphatic rings. The van der Waals surface area contributed by atoms with Crippen LogP contribution in [-0.4, -0.2) is 48.0 Å². The fraction of sp³-hybridized carbons (Fsp3) is 0.316. The van der Waals surface area contributed by atoms with E-state index in [1.165, 1.54) is 6.07 Å². The number of non-ortho nitro benzene ring substituents is 1. The summed E-state index contributed by atoms with van der Waals surface area (Å²) in [7, 11) is 0. The van der Waals surface area contributed by atoms with Gasteiger partial charge in [-0.2, -0.15) is 0 Å². The molecule has 1 saturated heterocycles. The van der Waals surface area contributed by atoms with Crippen LogP contribution in [0.15, 0.2) is 42.5 Å². The van der Waals surface area contributed by atoms with Crippen LogP contribution in [-0.2, 0) is 4.79 Å². The third-order valence-electron chi connectivity index (χ3n) is 4.86. The van der Waals surface area contributed by atoms with E-state index in [-0.39, 0.29) is 17.6 Å². The Morgan fingerprint density at radius 1 is 1.14 bits per heavy atom. The topological polar surface area (TPSA) is 78.7 Å². The maximum Gasteiger partial charge on any atom is 0.271 e. The molecule has 148 valence electrons. The smallest absolute Gasteiger partial charge is 0.271 e. The number of nitrogens with one attached hydrogen (secondary N) is 1. The van der Waals surface area contributed by atoms with Gasteiger partial charge in [-0.3, -0.25) is 19.8 Å². The minimum absolute atomic E-state index is 0.0751. The van der Waals surface area contributed by atoms with Gasteiger partial charge in [0.2, 0.25) is 5.91 Å². The summed E-state index contributed by atoms with van der Waals surface area (Å²) in [4.78, 5) is 27.3. The number of benzene rings is 2. The molecule has 1 fully saturated rings. The fourth-order valence-electron chi connectivity index (χ4n) is 3.17. The average molecular weight is 423 g/mol. The molecule has 3 rings (SSSR count). The van der Waals surface area contributed by atoms with Gasteiger partial charge in [0.05, 0.1) is 26.7 Å². The minimum Gasteiger partial charge on any atom is -0.369 e. The van der Waals surface area contributed by atoms with Crippen LogP contribution >= 0.6 is 23.2 Å². The summed E-state index contributed by atoms with van der Waals surface area (Å²) in [5.74, 6) is -0.159. The van der Waals surface area contributed by atoms with E-state index in [0.717, 1.165) is 5.69 Å². The van der Waals surface area contributed by atoms with Crippen molar-refractivity contribution in [3.8, 4) is 0 Å². The van der Waals surface area contributed by atoms with Gasteiger partial charge in [-0.15, -0.1) is 0 Å². The van der Waals surface area contributed by atoms with Crippen LogP contribution in [0.2, 0.25) is 10.0 Å². The molecule has 1 atom stereocenters. The van der Waals surface area contributed by atoms with E-state index in [2.05, 4.69) is 15.1 Å². The predicted molar refractivity (Wildman–Crippen MR) is 111 cm³/mol. The normalized spacial score (nSPS) is 15.9. The number of hydrogen-bond acceptors (Lipinski definition) is 5. The number of rotatable bonds is 5. The molecule has 0 aliphatic carbocycles. The number of halogens is 2. The summed E-state index contributed by atoms with van der Waals surface area (Å²) in [6.07, 6.45) is 0. The molecule has 28 heavy (non-hydrogen) atoms. The summed E-state index contributed by atoms with van der Waals surface area (Å²) in [5, 5.41) is 14.5. The standard InChI is InChI=1S/C19H20Cl2N4O3/c1-13(19(26)22-17-7-3-6-16(20)18(17)21)23-8-10-24(11-9-23)14-4-2-5-15(12-14)25(27)28/h2-7,12-13H,8-11H2,1H3,(H,22,26). The first-order chi connectivity index (χ1) is 13.4. The zero-order chi connectivity index (χ0) is 20.3. The van der Waals surface area contributed by atoms with Crippen LogP contribution < -0.4 is 10.2 Å². The van der Waals surface area contributed by atoms with Gasteiger partial charge in [0.1, 0.15) is 0 Å². The van der Waals surface area contributed by atoms with Crippen LogP contribution in [0.4, 0.5) is 17.1 Å². The van der Waals surface area contributed by atoms with E-state index in [0.29, 0.717) is 41.9 Å². The minimum atomic E-state index is -0.396. The molecule has 1 amide bonds. The molecule has 2 aromatic carbocycles. The SMILES string of the molecule is CC(C(=O)Nc1cccc(Cl)c1Cl)N1CCN(c2cccc([N+](=O)[O-])c2)CC1. The summed E-state index contributed by atoms with van der Waals surface area (Å²) in [6, 6.07) is 11.4. The van der Waals surface area contributed by atoms with Gasteiger partial charge in [0, 0.05) is 44.0 Å². The van der Waals surface area contributed by atoms with E-state index in [9.17, 15) is 14.9 Å². The molecule has 1 N–H and O–H groups in total. The molecular weight excluding hydrogens is 403 g/mol.